The third-order valence-electron chi connectivity index (χ3n) is 4.44. The van der Waals surface area contributed by atoms with Gasteiger partial charge in [-0.2, -0.15) is 0 Å². The molecular weight excluding hydrogens is 274 g/mol. The van der Waals surface area contributed by atoms with Crippen LogP contribution in [-0.2, 0) is 9.53 Å². The molecule has 0 radical (unpaired) electrons. The van der Waals surface area contributed by atoms with Gasteiger partial charge in [0.25, 0.3) is 0 Å². The van der Waals surface area contributed by atoms with Gasteiger partial charge in [-0.1, -0.05) is 84.0 Å². The van der Waals surface area contributed by atoms with E-state index in [2.05, 4.69) is 12.2 Å². The Labute approximate surface area is 137 Å². The summed E-state index contributed by atoms with van der Waals surface area (Å²) in [6.07, 6.45) is 18.5. The molecule has 0 saturated carbocycles. The molecule has 1 fully saturated rings. The van der Waals surface area contributed by atoms with Crippen molar-refractivity contribution >= 4 is 5.91 Å². The third kappa shape index (κ3) is 13.1. The van der Waals surface area contributed by atoms with Gasteiger partial charge in [0, 0.05) is 13.0 Å². The summed E-state index contributed by atoms with van der Waals surface area (Å²) in [5, 5.41) is 2.92. The van der Waals surface area contributed by atoms with Crippen LogP contribution in [0.4, 0.5) is 0 Å². The zero-order valence-corrected chi connectivity index (χ0v) is 14.7. The summed E-state index contributed by atoms with van der Waals surface area (Å²) in [4.78, 5) is 11.5. The minimum Gasteiger partial charge on any atom is -0.371 e. The number of hydrogen-bond donors (Lipinski definition) is 1. The van der Waals surface area contributed by atoms with Crippen LogP contribution in [0.5, 0.6) is 0 Å². The molecule has 0 aromatic carbocycles. The molecule has 1 N–H and O–H groups in total. The van der Waals surface area contributed by atoms with Crippen LogP contribution in [0.1, 0.15) is 96.8 Å². The van der Waals surface area contributed by atoms with E-state index in [0.29, 0.717) is 19.1 Å². The van der Waals surface area contributed by atoms with Gasteiger partial charge in [-0.05, 0) is 6.42 Å². The summed E-state index contributed by atoms with van der Waals surface area (Å²) >= 11 is 0. The lowest BCUT2D eigenvalue weighted by atomic mass is 10.0. The maximum atomic E-state index is 11.5. The van der Waals surface area contributed by atoms with Crippen LogP contribution >= 0.6 is 0 Å². The summed E-state index contributed by atoms with van der Waals surface area (Å²) in [6, 6.07) is 0. The SMILES string of the molecule is CCCCCCCCCCCCCCCC(=O)NCC1CO1. The van der Waals surface area contributed by atoms with Gasteiger partial charge in [0.2, 0.25) is 5.91 Å². The first-order valence-electron chi connectivity index (χ1n) is 9.71. The van der Waals surface area contributed by atoms with Crippen LogP contribution in [0, 0.1) is 0 Å². The summed E-state index contributed by atoms with van der Waals surface area (Å²) in [6.45, 7) is 3.80. The van der Waals surface area contributed by atoms with Crippen molar-refractivity contribution in [1.29, 1.82) is 0 Å². The topological polar surface area (TPSA) is 41.6 Å². The van der Waals surface area contributed by atoms with E-state index in [1.165, 1.54) is 77.0 Å². The van der Waals surface area contributed by atoms with Crippen molar-refractivity contribution in [2.45, 2.75) is 103 Å². The van der Waals surface area contributed by atoms with Crippen molar-refractivity contribution in [2.75, 3.05) is 13.2 Å². The van der Waals surface area contributed by atoms with Crippen molar-refractivity contribution in [1.82, 2.24) is 5.32 Å². The molecule has 3 nitrogen and oxygen atoms in total. The van der Waals surface area contributed by atoms with E-state index < -0.39 is 0 Å². The zero-order chi connectivity index (χ0) is 15.9. The third-order valence-corrected chi connectivity index (χ3v) is 4.44. The van der Waals surface area contributed by atoms with Crippen molar-refractivity contribution < 1.29 is 9.53 Å². The van der Waals surface area contributed by atoms with Gasteiger partial charge in [0.05, 0.1) is 12.7 Å². The normalized spacial score (nSPS) is 16.7. The average Bonchev–Trinajstić information content (AvgIpc) is 3.34. The molecule has 1 saturated heterocycles. The van der Waals surface area contributed by atoms with Crippen molar-refractivity contribution in [3.63, 3.8) is 0 Å². The predicted octanol–water partition coefficient (Wildman–Crippen LogP) is 4.98. The number of carbonyl (C=O) groups excluding carboxylic acids is 1. The number of hydrogen-bond acceptors (Lipinski definition) is 2. The fraction of sp³-hybridized carbons (Fsp3) is 0.947. The Morgan fingerprint density at radius 2 is 1.32 bits per heavy atom. The predicted molar refractivity (Wildman–Crippen MR) is 93.1 cm³/mol. The van der Waals surface area contributed by atoms with Crippen LogP contribution in [0.15, 0.2) is 0 Å². The molecule has 1 amide bonds. The molecule has 1 rings (SSSR count). The molecule has 130 valence electrons. The Morgan fingerprint density at radius 1 is 0.864 bits per heavy atom. The van der Waals surface area contributed by atoms with Gasteiger partial charge < -0.3 is 10.1 Å². The second-order valence-corrected chi connectivity index (χ2v) is 6.75. The fourth-order valence-corrected chi connectivity index (χ4v) is 2.81. The van der Waals surface area contributed by atoms with E-state index in [1.807, 2.05) is 0 Å². The van der Waals surface area contributed by atoms with Crippen LogP contribution in [0.3, 0.4) is 0 Å². The maximum absolute atomic E-state index is 11.5. The monoisotopic (exact) mass is 311 g/mol. The minimum atomic E-state index is 0.193. The lowest BCUT2D eigenvalue weighted by molar-refractivity contribution is -0.121. The Hall–Kier alpha value is -0.570. The second kappa shape index (κ2) is 14.0. The standard InChI is InChI=1S/C19H37NO2/c1-2-3-4-5-6-7-8-9-10-11-12-13-14-15-19(21)20-16-18-17-22-18/h18H,2-17H2,1H3,(H,20,21). The Kier molecular flexibility index (Phi) is 12.4. The molecule has 0 aliphatic carbocycles. The second-order valence-electron chi connectivity index (χ2n) is 6.75. The van der Waals surface area contributed by atoms with Crippen molar-refractivity contribution in [3.05, 3.63) is 0 Å². The lowest BCUT2D eigenvalue weighted by Crippen LogP contribution is -2.27. The number of nitrogens with one attached hydrogen (secondary N) is 1. The molecular formula is C19H37NO2. The molecule has 1 atom stereocenters. The van der Waals surface area contributed by atoms with Gasteiger partial charge in [0.15, 0.2) is 0 Å². The van der Waals surface area contributed by atoms with Gasteiger partial charge >= 0.3 is 0 Å². The lowest BCUT2D eigenvalue weighted by Gasteiger charge is -2.04. The van der Waals surface area contributed by atoms with Gasteiger partial charge in [-0.25, -0.2) is 0 Å². The number of amides is 1. The van der Waals surface area contributed by atoms with E-state index in [9.17, 15) is 4.79 Å². The van der Waals surface area contributed by atoms with Crippen LogP contribution in [-0.4, -0.2) is 25.2 Å². The van der Waals surface area contributed by atoms with Crippen LogP contribution < -0.4 is 5.32 Å². The van der Waals surface area contributed by atoms with Crippen molar-refractivity contribution in [2.24, 2.45) is 0 Å². The largest absolute Gasteiger partial charge is 0.371 e. The highest BCUT2D eigenvalue weighted by molar-refractivity contribution is 5.75. The summed E-state index contributed by atoms with van der Waals surface area (Å²) in [5.41, 5.74) is 0. The molecule has 1 aliphatic heterocycles. The molecule has 22 heavy (non-hydrogen) atoms. The number of carbonyl (C=O) groups is 1. The molecule has 0 spiro atoms. The zero-order valence-electron chi connectivity index (χ0n) is 14.7. The maximum Gasteiger partial charge on any atom is 0.220 e. The van der Waals surface area contributed by atoms with E-state index in [0.717, 1.165) is 13.0 Å². The Balaban J connectivity index is 1.68. The highest BCUT2D eigenvalue weighted by Crippen LogP contribution is 2.13. The van der Waals surface area contributed by atoms with E-state index in [4.69, 9.17) is 4.74 Å². The summed E-state index contributed by atoms with van der Waals surface area (Å²) < 4.78 is 5.07. The van der Waals surface area contributed by atoms with E-state index in [1.54, 1.807) is 0 Å². The summed E-state index contributed by atoms with van der Waals surface area (Å²) in [5.74, 6) is 0.193. The highest BCUT2D eigenvalue weighted by atomic mass is 16.6. The Bertz CT molecular complexity index is 264. The molecule has 0 aromatic heterocycles. The first-order chi connectivity index (χ1) is 10.8. The van der Waals surface area contributed by atoms with Crippen molar-refractivity contribution in [3.8, 4) is 0 Å². The number of rotatable bonds is 16. The molecule has 0 bridgehead atoms. The fourth-order valence-electron chi connectivity index (χ4n) is 2.81. The minimum absolute atomic E-state index is 0.193. The quantitative estimate of drug-likeness (QED) is 0.322. The summed E-state index contributed by atoms with van der Waals surface area (Å²) in [7, 11) is 0. The average molecular weight is 312 g/mol. The first-order valence-corrected chi connectivity index (χ1v) is 9.71. The highest BCUT2D eigenvalue weighted by Gasteiger charge is 2.22. The van der Waals surface area contributed by atoms with E-state index in [-0.39, 0.29) is 5.91 Å². The van der Waals surface area contributed by atoms with E-state index >= 15 is 0 Å². The molecule has 1 aliphatic rings. The first kappa shape index (κ1) is 19.5. The molecule has 1 heterocycles. The molecule has 3 heteroatoms. The number of unbranched alkanes of at least 4 members (excludes halogenated alkanes) is 12. The smallest absolute Gasteiger partial charge is 0.220 e. The molecule has 0 aromatic rings. The van der Waals surface area contributed by atoms with Gasteiger partial charge in [-0.3, -0.25) is 4.79 Å². The van der Waals surface area contributed by atoms with Gasteiger partial charge in [0.1, 0.15) is 0 Å². The van der Waals surface area contributed by atoms with Crippen LogP contribution in [0.25, 0.3) is 0 Å². The van der Waals surface area contributed by atoms with Crippen LogP contribution in [0.2, 0.25) is 0 Å². The number of epoxide rings is 1. The Morgan fingerprint density at radius 3 is 1.77 bits per heavy atom. The molecule has 1 unspecified atom stereocenters. The number of ether oxygens (including phenoxy) is 1. The van der Waals surface area contributed by atoms with Gasteiger partial charge in [-0.15, -0.1) is 0 Å².